The number of carbonyl (C=O) groups is 2. The standard InChI is InChI=1S/C20H22N2O4S/c1-3-4-6-14-7-5-8-16(11-14)22(2)27(25,26)17-9-10-18-15(12-17)13-19(23)20(24)21-18/h5,7-12H,3-4,6,13H2,1-2H3,(H,21,24). The molecule has 7 heteroatoms. The number of carbonyl (C=O) groups excluding carboxylic acids is 2. The average Bonchev–Trinajstić information content (AvgIpc) is 2.66. The fraction of sp³-hybridized carbons (Fsp3) is 0.300. The molecule has 0 fully saturated rings. The van der Waals surface area contributed by atoms with E-state index in [1.807, 2.05) is 18.2 Å². The molecule has 1 heterocycles. The first kappa shape index (κ1) is 19.1. The number of amides is 1. The Morgan fingerprint density at radius 3 is 2.63 bits per heavy atom. The molecule has 0 unspecified atom stereocenters. The Morgan fingerprint density at radius 1 is 1.11 bits per heavy atom. The molecule has 2 aromatic carbocycles. The minimum Gasteiger partial charge on any atom is -0.319 e. The molecule has 0 spiro atoms. The van der Waals surface area contributed by atoms with Crippen molar-refractivity contribution in [2.75, 3.05) is 16.7 Å². The zero-order valence-corrected chi connectivity index (χ0v) is 16.2. The van der Waals surface area contributed by atoms with E-state index in [4.69, 9.17) is 0 Å². The summed E-state index contributed by atoms with van der Waals surface area (Å²) in [4.78, 5) is 23.2. The maximum absolute atomic E-state index is 13.0. The molecule has 0 atom stereocenters. The second kappa shape index (κ2) is 7.52. The summed E-state index contributed by atoms with van der Waals surface area (Å²) in [5, 5.41) is 2.48. The quantitative estimate of drug-likeness (QED) is 0.774. The van der Waals surface area contributed by atoms with Crippen LogP contribution in [0.5, 0.6) is 0 Å². The van der Waals surface area contributed by atoms with Gasteiger partial charge in [-0.15, -0.1) is 0 Å². The molecule has 0 saturated carbocycles. The Balaban J connectivity index is 1.91. The van der Waals surface area contributed by atoms with Crippen LogP contribution in [0.15, 0.2) is 47.4 Å². The number of rotatable bonds is 6. The first-order valence-electron chi connectivity index (χ1n) is 8.88. The van der Waals surface area contributed by atoms with Gasteiger partial charge >= 0.3 is 0 Å². The normalized spacial score (nSPS) is 13.9. The third-order valence-electron chi connectivity index (χ3n) is 4.68. The Labute approximate surface area is 159 Å². The average molecular weight is 386 g/mol. The molecule has 1 aliphatic rings. The van der Waals surface area contributed by atoms with Crippen molar-refractivity contribution in [1.82, 2.24) is 0 Å². The van der Waals surface area contributed by atoms with E-state index in [1.165, 1.54) is 29.6 Å². The number of nitrogens with one attached hydrogen (secondary N) is 1. The van der Waals surface area contributed by atoms with Gasteiger partial charge in [-0.05, 0) is 54.3 Å². The van der Waals surface area contributed by atoms with Crippen LogP contribution in [0.3, 0.4) is 0 Å². The van der Waals surface area contributed by atoms with Crippen LogP contribution >= 0.6 is 0 Å². The fourth-order valence-corrected chi connectivity index (χ4v) is 4.27. The SMILES string of the molecule is CCCCc1cccc(N(C)S(=O)(=O)c2ccc3c(c2)CC(=O)C(=O)N3)c1. The van der Waals surface area contributed by atoms with Crippen molar-refractivity contribution in [2.24, 2.45) is 0 Å². The highest BCUT2D eigenvalue weighted by Gasteiger charge is 2.27. The van der Waals surface area contributed by atoms with Crippen molar-refractivity contribution in [1.29, 1.82) is 0 Å². The van der Waals surface area contributed by atoms with E-state index in [0.717, 1.165) is 24.8 Å². The molecule has 0 radical (unpaired) electrons. The van der Waals surface area contributed by atoms with Gasteiger partial charge < -0.3 is 5.32 Å². The van der Waals surface area contributed by atoms with Crippen molar-refractivity contribution >= 4 is 33.1 Å². The Bertz CT molecular complexity index is 999. The van der Waals surface area contributed by atoms with Crippen LogP contribution in [0.4, 0.5) is 11.4 Å². The number of benzene rings is 2. The number of fused-ring (bicyclic) bond motifs is 1. The second-order valence-corrected chi connectivity index (χ2v) is 8.59. The number of sulfonamides is 1. The summed E-state index contributed by atoms with van der Waals surface area (Å²) in [6.07, 6.45) is 2.92. The zero-order chi connectivity index (χ0) is 19.6. The van der Waals surface area contributed by atoms with Gasteiger partial charge in [0.1, 0.15) is 0 Å². The summed E-state index contributed by atoms with van der Waals surface area (Å²) in [5.41, 5.74) is 2.66. The number of ketones is 1. The molecule has 142 valence electrons. The molecule has 27 heavy (non-hydrogen) atoms. The molecule has 0 aromatic heterocycles. The van der Waals surface area contributed by atoms with Gasteiger partial charge in [0.2, 0.25) is 5.78 Å². The summed E-state index contributed by atoms with van der Waals surface area (Å²) in [7, 11) is -2.27. The fourth-order valence-electron chi connectivity index (χ4n) is 3.03. The van der Waals surface area contributed by atoms with Crippen LogP contribution in [0.1, 0.15) is 30.9 Å². The van der Waals surface area contributed by atoms with Gasteiger partial charge in [0.15, 0.2) is 0 Å². The van der Waals surface area contributed by atoms with E-state index in [0.29, 0.717) is 16.9 Å². The number of unbranched alkanes of at least 4 members (excludes halogenated alkanes) is 1. The maximum atomic E-state index is 13.0. The van der Waals surface area contributed by atoms with Gasteiger partial charge in [-0.2, -0.15) is 0 Å². The zero-order valence-electron chi connectivity index (χ0n) is 15.4. The van der Waals surface area contributed by atoms with Crippen LogP contribution in [0.2, 0.25) is 0 Å². The van der Waals surface area contributed by atoms with Gasteiger partial charge in [0, 0.05) is 19.2 Å². The van der Waals surface area contributed by atoms with Crippen LogP contribution in [-0.4, -0.2) is 27.2 Å². The van der Waals surface area contributed by atoms with Crippen molar-refractivity contribution in [2.45, 2.75) is 37.5 Å². The maximum Gasteiger partial charge on any atom is 0.292 e. The molecule has 0 bridgehead atoms. The lowest BCUT2D eigenvalue weighted by Gasteiger charge is -2.22. The van der Waals surface area contributed by atoms with Gasteiger partial charge in [-0.25, -0.2) is 8.42 Å². The molecule has 0 aliphatic carbocycles. The van der Waals surface area contributed by atoms with Crippen molar-refractivity contribution < 1.29 is 18.0 Å². The molecular formula is C20H22N2O4S. The Hall–Kier alpha value is -2.67. The Kier molecular flexibility index (Phi) is 5.32. The van der Waals surface area contributed by atoms with Gasteiger partial charge in [-0.3, -0.25) is 13.9 Å². The molecule has 1 aliphatic heterocycles. The second-order valence-electron chi connectivity index (χ2n) is 6.62. The smallest absolute Gasteiger partial charge is 0.292 e. The minimum atomic E-state index is -3.78. The third kappa shape index (κ3) is 3.88. The largest absolute Gasteiger partial charge is 0.319 e. The third-order valence-corrected chi connectivity index (χ3v) is 6.46. The van der Waals surface area contributed by atoms with E-state index < -0.39 is 21.7 Å². The lowest BCUT2D eigenvalue weighted by Crippen LogP contribution is -2.31. The van der Waals surface area contributed by atoms with Gasteiger partial charge in [0.05, 0.1) is 10.6 Å². The first-order valence-corrected chi connectivity index (χ1v) is 10.3. The topological polar surface area (TPSA) is 83.6 Å². The molecular weight excluding hydrogens is 364 g/mol. The van der Waals surface area contributed by atoms with Crippen molar-refractivity contribution in [3.63, 3.8) is 0 Å². The molecule has 3 rings (SSSR count). The van der Waals surface area contributed by atoms with Gasteiger partial charge in [-0.1, -0.05) is 25.5 Å². The molecule has 6 nitrogen and oxygen atoms in total. The Morgan fingerprint density at radius 2 is 1.89 bits per heavy atom. The van der Waals surface area contributed by atoms with Crippen LogP contribution in [0, 0.1) is 0 Å². The summed E-state index contributed by atoms with van der Waals surface area (Å²) in [6.45, 7) is 2.11. The van der Waals surface area contributed by atoms with E-state index in [2.05, 4.69) is 12.2 Å². The number of Topliss-reactive ketones (excluding diaryl/α,β-unsaturated/α-hetero) is 1. The molecule has 0 saturated heterocycles. The van der Waals surface area contributed by atoms with E-state index >= 15 is 0 Å². The van der Waals surface area contributed by atoms with E-state index in [9.17, 15) is 18.0 Å². The van der Waals surface area contributed by atoms with Gasteiger partial charge in [0.25, 0.3) is 15.9 Å². The van der Waals surface area contributed by atoms with E-state index in [-0.39, 0.29) is 11.3 Å². The number of hydrogen-bond donors (Lipinski definition) is 1. The summed E-state index contributed by atoms with van der Waals surface area (Å²) >= 11 is 0. The van der Waals surface area contributed by atoms with Crippen LogP contribution in [0.25, 0.3) is 0 Å². The van der Waals surface area contributed by atoms with Crippen molar-refractivity contribution in [3.8, 4) is 0 Å². The van der Waals surface area contributed by atoms with Crippen LogP contribution < -0.4 is 9.62 Å². The van der Waals surface area contributed by atoms with Crippen molar-refractivity contribution in [3.05, 3.63) is 53.6 Å². The summed E-state index contributed by atoms with van der Waals surface area (Å²) in [5.74, 6) is -1.24. The van der Waals surface area contributed by atoms with Crippen LogP contribution in [-0.2, 0) is 32.5 Å². The summed E-state index contributed by atoms with van der Waals surface area (Å²) in [6, 6.07) is 11.9. The number of nitrogens with zero attached hydrogens (tertiary/aromatic N) is 1. The first-order chi connectivity index (χ1) is 12.8. The van der Waals surface area contributed by atoms with E-state index in [1.54, 1.807) is 6.07 Å². The monoisotopic (exact) mass is 386 g/mol. The predicted molar refractivity (Wildman–Crippen MR) is 104 cm³/mol. The predicted octanol–water partition coefficient (Wildman–Crippen LogP) is 2.92. The summed E-state index contributed by atoms with van der Waals surface area (Å²) < 4.78 is 27.3. The molecule has 1 N–H and O–H groups in total. The lowest BCUT2D eigenvalue weighted by atomic mass is 10.0. The minimum absolute atomic E-state index is 0.0895. The lowest BCUT2D eigenvalue weighted by molar-refractivity contribution is -0.134. The number of anilines is 2. The molecule has 2 aromatic rings. The number of aryl methyl sites for hydroxylation is 1. The highest BCUT2D eigenvalue weighted by molar-refractivity contribution is 7.92. The number of hydrogen-bond acceptors (Lipinski definition) is 4. The molecule has 1 amide bonds. The highest BCUT2D eigenvalue weighted by atomic mass is 32.2. The highest BCUT2D eigenvalue weighted by Crippen LogP contribution is 2.28.